The van der Waals surface area contributed by atoms with Crippen LogP contribution in [0.25, 0.3) is 11.5 Å². The lowest BCUT2D eigenvalue weighted by atomic mass is 10.1. The maximum Gasteiger partial charge on any atom is 0.247 e. The molecule has 21 heavy (non-hydrogen) atoms. The number of benzene rings is 1. The van der Waals surface area contributed by atoms with Crippen molar-refractivity contribution in [2.24, 2.45) is 0 Å². The van der Waals surface area contributed by atoms with E-state index >= 15 is 0 Å². The number of nitrogens with one attached hydrogen (secondary N) is 1. The molecule has 0 aliphatic carbocycles. The van der Waals surface area contributed by atoms with Crippen LogP contribution >= 0.6 is 27.5 Å². The number of nitrogens with zero attached hydrogens (tertiary/aromatic N) is 2. The SMILES string of the molecule is CC(C)(C)NCCCc1nnc(-c2ccc(Cl)c(Br)c2)o1. The topological polar surface area (TPSA) is 51.0 Å². The molecule has 1 aromatic heterocycles. The molecule has 0 saturated heterocycles. The fourth-order valence-electron chi connectivity index (χ4n) is 1.80. The Kier molecular flexibility index (Phi) is 5.41. The molecule has 0 bridgehead atoms. The van der Waals surface area contributed by atoms with Crippen LogP contribution in [0, 0.1) is 0 Å². The van der Waals surface area contributed by atoms with Crippen molar-refractivity contribution in [3.63, 3.8) is 0 Å². The number of hydrogen-bond donors (Lipinski definition) is 1. The highest BCUT2D eigenvalue weighted by Crippen LogP contribution is 2.28. The molecule has 2 aromatic rings. The number of rotatable bonds is 5. The summed E-state index contributed by atoms with van der Waals surface area (Å²) in [6.45, 7) is 7.37. The van der Waals surface area contributed by atoms with Crippen LogP contribution in [-0.4, -0.2) is 22.3 Å². The highest BCUT2D eigenvalue weighted by molar-refractivity contribution is 9.10. The summed E-state index contributed by atoms with van der Waals surface area (Å²) in [7, 11) is 0. The van der Waals surface area contributed by atoms with E-state index in [2.05, 4.69) is 52.2 Å². The van der Waals surface area contributed by atoms with Gasteiger partial charge in [-0.25, -0.2) is 0 Å². The van der Waals surface area contributed by atoms with Crippen molar-refractivity contribution in [1.82, 2.24) is 15.5 Å². The molecular formula is C15H19BrClN3O. The van der Waals surface area contributed by atoms with Crippen molar-refractivity contribution in [2.45, 2.75) is 39.2 Å². The van der Waals surface area contributed by atoms with Crippen LogP contribution in [0.2, 0.25) is 5.02 Å². The molecule has 0 unspecified atom stereocenters. The fourth-order valence-corrected chi connectivity index (χ4v) is 2.30. The molecule has 114 valence electrons. The van der Waals surface area contributed by atoms with Gasteiger partial charge in [-0.3, -0.25) is 0 Å². The molecule has 0 aliphatic rings. The quantitative estimate of drug-likeness (QED) is 0.787. The minimum Gasteiger partial charge on any atom is -0.421 e. The molecule has 0 fully saturated rings. The largest absolute Gasteiger partial charge is 0.421 e. The Hall–Kier alpha value is -0.910. The van der Waals surface area contributed by atoms with Crippen LogP contribution < -0.4 is 5.32 Å². The van der Waals surface area contributed by atoms with E-state index in [1.54, 1.807) is 6.07 Å². The molecule has 0 saturated carbocycles. The van der Waals surface area contributed by atoms with Gasteiger partial charge in [-0.2, -0.15) is 0 Å². The zero-order chi connectivity index (χ0) is 15.5. The molecule has 1 N–H and O–H groups in total. The summed E-state index contributed by atoms with van der Waals surface area (Å²) in [5.41, 5.74) is 0.994. The standard InChI is InChI=1S/C15H19BrClN3O/c1-15(2,3)18-8-4-5-13-19-20-14(21-13)10-6-7-12(17)11(16)9-10/h6-7,9,18H,4-5,8H2,1-3H3. The first-order valence-corrected chi connectivity index (χ1v) is 8.05. The highest BCUT2D eigenvalue weighted by Gasteiger charge is 2.11. The minimum atomic E-state index is 0.135. The Morgan fingerprint density at radius 3 is 2.71 bits per heavy atom. The first-order chi connectivity index (χ1) is 9.85. The van der Waals surface area contributed by atoms with Crippen molar-refractivity contribution < 1.29 is 4.42 Å². The third-order valence-corrected chi connectivity index (χ3v) is 4.07. The lowest BCUT2D eigenvalue weighted by molar-refractivity contribution is 0.412. The number of aryl methyl sites for hydroxylation is 1. The van der Waals surface area contributed by atoms with Gasteiger partial charge < -0.3 is 9.73 Å². The van der Waals surface area contributed by atoms with E-state index in [0.29, 0.717) is 16.8 Å². The normalized spacial score (nSPS) is 11.9. The third-order valence-electron chi connectivity index (χ3n) is 2.86. The third kappa shape index (κ3) is 5.09. The second-order valence-corrected chi connectivity index (χ2v) is 7.17. The Bertz CT molecular complexity index is 607. The van der Waals surface area contributed by atoms with Gasteiger partial charge in [0.1, 0.15) is 0 Å². The lowest BCUT2D eigenvalue weighted by Crippen LogP contribution is -2.36. The van der Waals surface area contributed by atoms with E-state index in [0.717, 1.165) is 29.4 Å². The Morgan fingerprint density at radius 2 is 2.05 bits per heavy atom. The first kappa shape index (κ1) is 16.5. The van der Waals surface area contributed by atoms with Gasteiger partial charge in [-0.15, -0.1) is 10.2 Å². The number of halogens is 2. The number of hydrogen-bond acceptors (Lipinski definition) is 4. The summed E-state index contributed by atoms with van der Waals surface area (Å²) in [5.74, 6) is 1.18. The van der Waals surface area contributed by atoms with E-state index in [1.165, 1.54) is 0 Å². The van der Waals surface area contributed by atoms with Crippen molar-refractivity contribution >= 4 is 27.5 Å². The summed E-state index contributed by atoms with van der Waals surface area (Å²) < 4.78 is 6.50. The van der Waals surface area contributed by atoms with Crippen LogP contribution in [0.3, 0.4) is 0 Å². The zero-order valence-electron chi connectivity index (χ0n) is 12.4. The van der Waals surface area contributed by atoms with Gasteiger partial charge in [0.05, 0.1) is 5.02 Å². The zero-order valence-corrected chi connectivity index (χ0v) is 14.8. The second-order valence-electron chi connectivity index (χ2n) is 5.91. The van der Waals surface area contributed by atoms with Gasteiger partial charge in [0, 0.05) is 22.0 Å². The average molecular weight is 373 g/mol. The van der Waals surface area contributed by atoms with Crippen molar-refractivity contribution in [3.05, 3.63) is 33.6 Å². The van der Waals surface area contributed by atoms with E-state index in [-0.39, 0.29) is 5.54 Å². The predicted octanol–water partition coefficient (Wildman–Crippen LogP) is 4.47. The van der Waals surface area contributed by atoms with Gasteiger partial charge in [-0.1, -0.05) is 11.6 Å². The molecule has 0 aliphatic heterocycles. The average Bonchev–Trinajstić information content (AvgIpc) is 2.86. The molecular weight excluding hydrogens is 354 g/mol. The monoisotopic (exact) mass is 371 g/mol. The van der Waals surface area contributed by atoms with Gasteiger partial charge in [0.15, 0.2) is 0 Å². The second kappa shape index (κ2) is 6.90. The van der Waals surface area contributed by atoms with Gasteiger partial charge in [0.25, 0.3) is 0 Å². The molecule has 2 rings (SSSR count). The smallest absolute Gasteiger partial charge is 0.247 e. The summed E-state index contributed by atoms with van der Waals surface area (Å²) in [6.07, 6.45) is 1.73. The Labute approximate surface area is 138 Å². The molecule has 0 spiro atoms. The summed E-state index contributed by atoms with van der Waals surface area (Å²) in [4.78, 5) is 0. The van der Waals surface area contributed by atoms with E-state index < -0.39 is 0 Å². The molecule has 1 heterocycles. The van der Waals surface area contributed by atoms with Gasteiger partial charge >= 0.3 is 0 Å². The van der Waals surface area contributed by atoms with Crippen molar-refractivity contribution in [2.75, 3.05) is 6.54 Å². The van der Waals surface area contributed by atoms with Crippen molar-refractivity contribution in [1.29, 1.82) is 0 Å². The number of aromatic nitrogens is 2. The first-order valence-electron chi connectivity index (χ1n) is 6.88. The summed E-state index contributed by atoms with van der Waals surface area (Å²) >= 11 is 9.36. The molecule has 4 nitrogen and oxygen atoms in total. The highest BCUT2D eigenvalue weighted by atomic mass is 79.9. The lowest BCUT2D eigenvalue weighted by Gasteiger charge is -2.19. The summed E-state index contributed by atoms with van der Waals surface area (Å²) in [6, 6.07) is 5.55. The van der Waals surface area contributed by atoms with Gasteiger partial charge in [0.2, 0.25) is 11.8 Å². The van der Waals surface area contributed by atoms with Crippen LogP contribution in [-0.2, 0) is 6.42 Å². The molecule has 0 radical (unpaired) electrons. The maximum atomic E-state index is 5.97. The minimum absolute atomic E-state index is 0.135. The van der Waals surface area contributed by atoms with Crippen LogP contribution in [0.1, 0.15) is 33.1 Å². The van der Waals surface area contributed by atoms with Crippen LogP contribution in [0.5, 0.6) is 0 Å². The molecule has 0 atom stereocenters. The Balaban J connectivity index is 1.93. The molecule has 6 heteroatoms. The maximum absolute atomic E-state index is 5.97. The van der Waals surface area contributed by atoms with E-state index in [4.69, 9.17) is 16.0 Å². The van der Waals surface area contributed by atoms with Crippen LogP contribution in [0.4, 0.5) is 0 Å². The van der Waals surface area contributed by atoms with Crippen LogP contribution in [0.15, 0.2) is 27.1 Å². The summed E-state index contributed by atoms with van der Waals surface area (Å²) in [5, 5.41) is 12.3. The fraction of sp³-hybridized carbons (Fsp3) is 0.467. The Morgan fingerprint density at radius 1 is 1.29 bits per heavy atom. The van der Waals surface area contributed by atoms with Crippen molar-refractivity contribution in [3.8, 4) is 11.5 Å². The molecule has 0 amide bonds. The van der Waals surface area contributed by atoms with E-state index in [1.807, 2.05) is 12.1 Å². The predicted molar refractivity (Wildman–Crippen MR) is 88.5 cm³/mol. The van der Waals surface area contributed by atoms with Gasteiger partial charge in [-0.05, 0) is 67.9 Å². The molecule has 1 aromatic carbocycles. The van der Waals surface area contributed by atoms with E-state index in [9.17, 15) is 0 Å².